The number of aromatic nitrogens is 3. The van der Waals surface area contributed by atoms with Crippen molar-refractivity contribution >= 4 is 28.9 Å². The van der Waals surface area contributed by atoms with Crippen molar-refractivity contribution in [1.29, 1.82) is 0 Å². The second-order valence-electron chi connectivity index (χ2n) is 5.83. The van der Waals surface area contributed by atoms with Crippen molar-refractivity contribution in [2.24, 2.45) is 0 Å². The van der Waals surface area contributed by atoms with E-state index in [2.05, 4.69) is 32.3 Å². The molecular formula is C18H17N3OS2. The highest BCUT2D eigenvalue weighted by atomic mass is 32.2. The molecule has 4 nitrogen and oxygen atoms in total. The van der Waals surface area contributed by atoms with Crippen LogP contribution in [0.25, 0.3) is 0 Å². The Bertz CT molecular complexity index is 823. The van der Waals surface area contributed by atoms with E-state index in [-0.39, 0.29) is 5.78 Å². The van der Waals surface area contributed by atoms with Crippen LogP contribution in [-0.4, -0.2) is 26.3 Å². The molecule has 24 heavy (non-hydrogen) atoms. The first-order chi connectivity index (χ1) is 11.8. The Balaban J connectivity index is 1.49. The Hall–Kier alpha value is -1.92. The summed E-state index contributed by atoms with van der Waals surface area (Å²) in [4.78, 5) is 13.6. The Morgan fingerprint density at radius 3 is 2.71 bits per heavy atom. The first kappa shape index (κ1) is 15.6. The van der Waals surface area contributed by atoms with Gasteiger partial charge in [0.25, 0.3) is 0 Å². The molecule has 3 aromatic rings. The summed E-state index contributed by atoms with van der Waals surface area (Å²) in [6, 6.07) is 14.1. The normalized spacial score (nSPS) is 14.0. The monoisotopic (exact) mass is 355 g/mol. The van der Waals surface area contributed by atoms with E-state index >= 15 is 0 Å². The highest BCUT2D eigenvalue weighted by Gasteiger charge is 2.30. The minimum atomic E-state index is 0.130. The number of carbonyl (C=O) groups is 1. The molecular weight excluding hydrogens is 338 g/mol. The van der Waals surface area contributed by atoms with Gasteiger partial charge in [-0.2, -0.15) is 0 Å². The zero-order valence-corrected chi connectivity index (χ0v) is 14.7. The molecule has 2 heterocycles. The zero-order chi connectivity index (χ0) is 16.4. The summed E-state index contributed by atoms with van der Waals surface area (Å²) in [5, 5.41) is 11.7. The molecule has 1 aliphatic rings. The van der Waals surface area contributed by atoms with E-state index in [1.54, 1.807) is 11.3 Å². The molecule has 0 atom stereocenters. The minimum Gasteiger partial charge on any atom is -0.303 e. The van der Waals surface area contributed by atoms with Crippen LogP contribution in [0.2, 0.25) is 0 Å². The van der Waals surface area contributed by atoms with Gasteiger partial charge < -0.3 is 4.57 Å². The number of carbonyl (C=O) groups excluding carboxylic acids is 1. The molecule has 0 aliphatic heterocycles. The third-order valence-corrected chi connectivity index (χ3v) is 5.81. The average molecular weight is 355 g/mol. The van der Waals surface area contributed by atoms with Gasteiger partial charge in [0, 0.05) is 22.9 Å². The van der Waals surface area contributed by atoms with E-state index < -0.39 is 0 Å². The van der Waals surface area contributed by atoms with Crippen LogP contribution >= 0.6 is 23.1 Å². The Morgan fingerprint density at radius 1 is 1.17 bits per heavy atom. The predicted molar refractivity (Wildman–Crippen MR) is 96.9 cm³/mol. The van der Waals surface area contributed by atoms with Gasteiger partial charge in [-0.05, 0) is 24.3 Å². The number of nitrogens with zero attached hydrogens (tertiary/aromatic N) is 3. The quantitative estimate of drug-likeness (QED) is 0.470. The predicted octanol–water partition coefficient (Wildman–Crippen LogP) is 4.24. The average Bonchev–Trinajstić information content (AvgIpc) is 3.17. The molecule has 1 aromatic carbocycles. The first-order valence-corrected chi connectivity index (χ1v) is 9.85. The van der Waals surface area contributed by atoms with Crippen molar-refractivity contribution in [3.63, 3.8) is 0 Å². The fraction of sp³-hybridized carbons (Fsp3) is 0.278. The summed E-state index contributed by atoms with van der Waals surface area (Å²) in [6.45, 7) is 0. The summed E-state index contributed by atoms with van der Waals surface area (Å²) in [6.07, 6.45) is 3.17. The van der Waals surface area contributed by atoms with Crippen LogP contribution in [0.3, 0.4) is 0 Å². The topological polar surface area (TPSA) is 47.8 Å². The van der Waals surface area contributed by atoms with Crippen LogP contribution in [0.15, 0.2) is 53.0 Å². The molecule has 0 bridgehead atoms. The lowest BCUT2D eigenvalue weighted by molar-refractivity contribution is 0.102. The largest absolute Gasteiger partial charge is 0.303 e. The number of Topliss-reactive ketones (excluding diaryl/α,β-unsaturated/α-hetero) is 1. The van der Waals surface area contributed by atoms with E-state index in [1.807, 2.05) is 30.3 Å². The SMILES string of the molecule is O=C(CSc1nnc(Cc2cccs2)n1C1CC1)c1ccccc1. The fourth-order valence-electron chi connectivity index (χ4n) is 2.63. The summed E-state index contributed by atoms with van der Waals surface area (Å²) in [5.41, 5.74) is 0.751. The maximum Gasteiger partial charge on any atom is 0.191 e. The summed E-state index contributed by atoms with van der Waals surface area (Å²) in [7, 11) is 0. The summed E-state index contributed by atoms with van der Waals surface area (Å²) >= 11 is 3.24. The van der Waals surface area contributed by atoms with E-state index in [4.69, 9.17) is 0 Å². The first-order valence-electron chi connectivity index (χ1n) is 7.98. The van der Waals surface area contributed by atoms with Gasteiger partial charge in [-0.15, -0.1) is 21.5 Å². The summed E-state index contributed by atoms with van der Waals surface area (Å²) < 4.78 is 2.24. The minimum absolute atomic E-state index is 0.130. The maximum atomic E-state index is 12.3. The molecule has 122 valence electrons. The lowest BCUT2D eigenvalue weighted by Gasteiger charge is -2.08. The van der Waals surface area contributed by atoms with Crippen molar-refractivity contribution < 1.29 is 4.79 Å². The summed E-state index contributed by atoms with van der Waals surface area (Å²) in [5.74, 6) is 1.54. The van der Waals surface area contributed by atoms with Gasteiger partial charge in [0.05, 0.1) is 5.75 Å². The second-order valence-corrected chi connectivity index (χ2v) is 7.81. The van der Waals surface area contributed by atoms with Crippen LogP contribution in [0.1, 0.15) is 39.9 Å². The van der Waals surface area contributed by atoms with Gasteiger partial charge in [-0.3, -0.25) is 4.79 Å². The van der Waals surface area contributed by atoms with Crippen LogP contribution in [0, 0.1) is 0 Å². The van der Waals surface area contributed by atoms with Gasteiger partial charge in [0.2, 0.25) is 0 Å². The molecule has 0 spiro atoms. The molecule has 0 radical (unpaired) electrons. The Labute approximate surface area is 148 Å². The lowest BCUT2D eigenvalue weighted by Crippen LogP contribution is -2.06. The van der Waals surface area contributed by atoms with Crippen LogP contribution in [-0.2, 0) is 6.42 Å². The highest BCUT2D eigenvalue weighted by Crippen LogP contribution is 2.39. The van der Waals surface area contributed by atoms with Gasteiger partial charge in [0.15, 0.2) is 10.9 Å². The Morgan fingerprint density at radius 2 is 2.00 bits per heavy atom. The second kappa shape index (κ2) is 6.91. The molecule has 0 amide bonds. The molecule has 1 aliphatic carbocycles. The zero-order valence-electron chi connectivity index (χ0n) is 13.1. The molecule has 0 saturated heterocycles. The number of benzene rings is 1. The van der Waals surface area contributed by atoms with Crippen LogP contribution in [0.4, 0.5) is 0 Å². The van der Waals surface area contributed by atoms with Crippen molar-refractivity contribution in [3.8, 4) is 0 Å². The Kier molecular flexibility index (Phi) is 4.49. The molecule has 2 aromatic heterocycles. The maximum absolute atomic E-state index is 12.3. The number of hydrogen-bond donors (Lipinski definition) is 0. The third-order valence-electron chi connectivity index (χ3n) is 3.99. The molecule has 6 heteroatoms. The third kappa shape index (κ3) is 3.44. The fourth-order valence-corrected chi connectivity index (χ4v) is 4.25. The van der Waals surface area contributed by atoms with E-state index in [9.17, 15) is 4.79 Å². The van der Waals surface area contributed by atoms with E-state index in [0.717, 1.165) is 23.0 Å². The highest BCUT2D eigenvalue weighted by molar-refractivity contribution is 7.99. The van der Waals surface area contributed by atoms with Crippen molar-refractivity contribution in [3.05, 3.63) is 64.1 Å². The number of ketones is 1. The van der Waals surface area contributed by atoms with Crippen molar-refractivity contribution in [1.82, 2.24) is 14.8 Å². The number of hydrogen-bond acceptors (Lipinski definition) is 5. The number of thioether (sulfide) groups is 1. The molecule has 1 fully saturated rings. The number of rotatable bonds is 7. The molecule has 0 unspecified atom stereocenters. The van der Waals surface area contributed by atoms with Crippen LogP contribution < -0.4 is 0 Å². The standard InChI is InChI=1S/C18H17N3OS2/c22-16(13-5-2-1-3-6-13)12-24-18-20-19-17(21(18)14-8-9-14)11-15-7-4-10-23-15/h1-7,10,14H,8-9,11-12H2. The lowest BCUT2D eigenvalue weighted by atomic mass is 10.2. The van der Waals surface area contributed by atoms with E-state index in [1.165, 1.54) is 29.5 Å². The smallest absolute Gasteiger partial charge is 0.191 e. The van der Waals surface area contributed by atoms with Gasteiger partial charge in [-0.1, -0.05) is 48.2 Å². The molecule has 4 rings (SSSR count). The molecule has 0 N–H and O–H groups in total. The van der Waals surface area contributed by atoms with Crippen molar-refractivity contribution in [2.45, 2.75) is 30.5 Å². The van der Waals surface area contributed by atoms with E-state index in [0.29, 0.717) is 11.8 Å². The van der Waals surface area contributed by atoms with Gasteiger partial charge in [-0.25, -0.2) is 0 Å². The van der Waals surface area contributed by atoms with Crippen molar-refractivity contribution in [2.75, 3.05) is 5.75 Å². The van der Waals surface area contributed by atoms with Gasteiger partial charge in [0.1, 0.15) is 5.82 Å². The number of thiophene rings is 1. The van der Waals surface area contributed by atoms with Crippen LogP contribution in [0.5, 0.6) is 0 Å². The molecule has 1 saturated carbocycles. The van der Waals surface area contributed by atoms with Gasteiger partial charge >= 0.3 is 0 Å².